The molecule has 2 rings (SSSR count). The van der Waals surface area contributed by atoms with E-state index in [1.54, 1.807) is 24.3 Å². The summed E-state index contributed by atoms with van der Waals surface area (Å²) in [5, 5.41) is 2.86. The Bertz CT molecular complexity index is 693. The van der Waals surface area contributed by atoms with Crippen molar-refractivity contribution in [3.63, 3.8) is 0 Å². The molecule has 0 saturated carbocycles. The summed E-state index contributed by atoms with van der Waals surface area (Å²) in [5.41, 5.74) is -0.387. The lowest BCUT2D eigenvalue weighted by molar-refractivity contribution is -0.139. The van der Waals surface area contributed by atoms with Crippen molar-refractivity contribution < 1.29 is 22.6 Å². The molecule has 0 spiro atoms. The van der Waals surface area contributed by atoms with Crippen LogP contribution >= 0.6 is 0 Å². The molecule has 8 heteroatoms. The van der Waals surface area contributed by atoms with Gasteiger partial charge >= 0.3 is 6.18 Å². The molecule has 0 saturated heterocycles. The Morgan fingerprint density at radius 3 is 2.64 bits per heavy atom. The van der Waals surface area contributed by atoms with E-state index in [1.807, 2.05) is 13.8 Å². The van der Waals surface area contributed by atoms with Gasteiger partial charge in [-0.2, -0.15) is 18.2 Å². The number of aromatic nitrogens is 2. The minimum Gasteiger partial charge on any atom is -0.494 e. The average Bonchev–Trinajstić information content (AvgIpc) is 2.55. The lowest BCUT2D eigenvalue weighted by Crippen LogP contribution is -2.13. The number of benzene rings is 1. The molecule has 5 nitrogen and oxygen atoms in total. The fourth-order valence-corrected chi connectivity index (χ4v) is 2.00. The molecule has 0 amide bonds. The summed E-state index contributed by atoms with van der Waals surface area (Å²) in [6, 6.07) is 6.99. The first-order valence-corrected chi connectivity index (χ1v) is 8.01. The van der Waals surface area contributed by atoms with Crippen LogP contribution in [0.3, 0.4) is 0 Å². The average molecular weight is 355 g/mol. The van der Waals surface area contributed by atoms with Gasteiger partial charge in [0.05, 0.1) is 13.2 Å². The summed E-state index contributed by atoms with van der Waals surface area (Å²) >= 11 is 0. The summed E-state index contributed by atoms with van der Waals surface area (Å²) in [4.78, 5) is 7.62. The first-order chi connectivity index (χ1) is 11.9. The second kappa shape index (κ2) is 8.55. The Hall–Kier alpha value is -2.51. The molecule has 0 bridgehead atoms. The fraction of sp³-hybridized carbons (Fsp3) is 0.412. The number of halogens is 3. The first kappa shape index (κ1) is 18.8. The van der Waals surface area contributed by atoms with Gasteiger partial charge in [-0.3, -0.25) is 0 Å². The second-order valence-electron chi connectivity index (χ2n) is 5.20. The molecule has 136 valence electrons. The number of hydrogen-bond acceptors (Lipinski definition) is 5. The van der Waals surface area contributed by atoms with Crippen molar-refractivity contribution in [2.24, 2.45) is 0 Å². The minimum absolute atomic E-state index is 0.0214. The van der Waals surface area contributed by atoms with Crippen molar-refractivity contribution >= 4 is 11.6 Å². The number of rotatable bonds is 8. The SMILES string of the molecule is CCCCOc1nc(Nc2cccc(OCC)c2)ncc1C(F)(F)F. The molecule has 0 aliphatic heterocycles. The molecule has 1 heterocycles. The second-order valence-corrected chi connectivity index (χ2v) is 5.20. The van der Waals surface area contributed by atoms with Crippen molar-refractivity contribution in [1.82, 2.24) is 9.97 Å². The maximum Gasteiger partial charge on any atom is 0.423 e. The van der Waals surface area contributed by atoms with E-state index in [4.69, 9.17) is 9.47 Å². The molecular formula is C17H20F3N3O2. The van der Waals surface area contributed by atoms with E-state index < -0.39 is 17.6 Å². The number of alkyl halides is 3. The zero-order chi connectivity index (χ0) is 18.3. The minimum atomic E-state index is -4.57. The van der Waals surface area contributed by atoms with Crippen molar-refractivity contribution in [1.29, 1.82) is 0 Å². The molecule has 0 aliphatic rings. The van der Waals surface area contributed by atoms with Crippen LogP contribution in [0, 0.1) is 0 Å². The van der Waals surface area contributed by atoms with E-state index in [9.17, 15) is 13.2 Å². The summed E-state index contributed by atoms with van der Waals surface area (Å²) < 4.78 is 49.8. The van der Waals surface area contributed by atoms with E-state index >= 15 is 0 Å². The Balaban J connectivity index is 2.23. The van der Waals surface area contributed by atoms with Crippen molar-refractivity contribution in [3.05, 3.63) is 36.0 Å². The van der Waals surface area contributed by atoms with Crippen LogP contribution in [0.25, 0.3) is 0 Å². The van der Waals surface area contributed by atoms with Gasteiger partial charge in [-0.25, -0.2) is 4.98 Å². The van der Waals surface area contributed by atoms with E-state index in [0.29, 0.717) is 24.5 Å². The molecule has 0 atom stereocenters. The molecule has 0 aliphatic carbocycles. The van der Waals surface area contributed by atoms with Crippen molar-refractivity contribution in [2.75, 3.05) is 18.5 Å². The van der Waals surface area contributed by atoms with Gasteiger partial charge in [-0.05, 0) is 25.5 Å². The topological polar surface area (TPSA) is 56.3 Å². The first-order valence-electron chi connectivity index (χ1n) is 8.01. The van der Waals surface area contributed by atoms with Crippen LogP contribution in [0.2, 0.25) is 0 Å². The summed E-state index contributed by atoms with van der Waals surface area (Å²) in [5.74, 6) is 0.186. The van der Waals surface area contributed by atoms with Crippen LogP contribution in [-0.4, -0.2) is 23.2 Å². The zero-order valence-electron chi connectivity index (χ0n) is 14.1. The highest BCUT2D eigenvalue weighted by atomic mass is 19.4. The monoisotopic (exact) mass is 355 g/mol. The number of ether oxygens (including phenoxy) is 2. The van der Waals surface area contributed by atoms with E-state index in [2.05, 4.69) is 15.3 Å². The Morgan fingerprint density at radius 2 is 1.96 bits per heavy atom. The standard InChI is InChI=1S/C17H20F3N3O2/c1-3-5-9-25-15-14(17(18,19)20)11-21-16(23-15)22-12-7-6-8-13(10-12)24-4-2/h6-8,10-11H,3-5,9H2,1-2H3,(H,21,22,23). The largest absolute Gasteiger partial charge is 0.494 e. The number of unbranched alkanes of at least 4 members (excludes halogenated alkanes) is 1. The summed E-state index contributed by atoms with van der Waals surface area (Å²) in [6.45, 7) is 4.46. The molecule has 1 aromatic carbocycles. The lowest BCUT2D eigenvalue weighted by Gasteiger charge is -2.14. The molecule has 1 N–H and O–H groups in total. The van der Waals surface area contributed by atoms with E-state index in [0.717, 1.165) is 12.6 Å². The van der Waals surface area contributed by atoms with Gasteiger partial charge in [0.15, 0.2) is 0 Å². The Labute approximate surface area is 144 Å². The van der Waals surface area contributed by atoms with Crippen LogP contribution < -0.4 is 14.8 Å². The molecular weight excluding hydrogens is 335 g/mol. The van der Waals surface area contributed by atoms with Crippen molar-refractivity contribution in [2.45, 2.75) is 32.9 Å². The van der Waals surface area contributed by atoms with Crippen LogP contribution in [0.15, 0.2) is 30.5 Å². The molecule has 0 radical (unpaired) electrons. The number of anilines is 2. The third kappa shape index (κ3) is 5.51. The van der Waals surface area contributed by atoms with Crippen LogP contribution in [0.1, 0.15) is 32.3 Å². The highest BCUT2D eigenvalue weighted by Gasteiger charge is 2.36. The molecule has 2 aromatic rings. The maximum absolute atomic E-state index is 13.1. The van der Waals surface area contributed by atoms with Gasteiger partial charge in [0.1, 0.15) is 11.3 Å². The van der Waals surface area contributed by atoms with Gasteiger partial charge in [-0.1, -0.05) is 19.4 Å². The van der Waals surface area contributed by atoms with Gasteiger partial charge in [0.2, 0.25) is 11.8 Å². The predicted octanol–water partition coefficient (Wildman–Crippen LogP) is 4.82. The summed E-state index contributed by atoms with van der Waals surface area (Å²) in [7, 11) is 0. The number of hydrogen-bond donors (Lipinski definition) is 1. The van der Waals surface area contributed by atoms with Gasteiger partial charge in [-0.15, -0.1) is 0 Å². The maximum atomic E-state index is 13.1. The van der Waals surface area contributed by atoms with Crippen LogP contribution in [0.5, 0.6) is 11.6 Å². The normalized spacial score (nSPS) is 11.2. The molecule has 0 fully saturated rings. The third-order valence-electron chi connectivity index (χ3n) is 3.20. The fourth-order valence-electron chi connectivity index (χ4n) is 2.00. The molecule has 0 unspecified atom stereocenters. The molecule has 1 aromatic heterocycles. The number of nitrogens with one attached hydrogen (secondary N) is 1. The highest BCUT2D eigenvalue weighted by Crippen LogP contribution is 2.35. The van der Waals surface area contributed by atoms with Gasteiger partial charge in [0.25, 0.3) is 0 Å². The van der Waals surface area contributed by atoms with E-state index in [1.165, 1.54) is 0 Å². The third-order valence-corrected chi connectivity index (χ3v) is 3.20. The van der Waals surface area contributed by atoms with Crippen molar-refractivity contribution in [3.8, 4) is 11.6 Å². The van der Waals surface area contributed by atoms with Crippen LogP contribution in [0.4, 0.5) is 24.8 Å². The zero-order valence-corrected chi connectivity index (χ0v) is 14.1. The lowest BCUT2D eigenvalue weighted by atomic mass is 10.3. The summed E-state index contributed by atoms with van der Waals surface area (Å²) in [6.07, 6.45) is -2.40. The van der Waals surface area contributed by atoms with Gasteiger partial charge < -0.3 is 14.8 Å². The highest BCUT2D eigenvalue weighted by molar-refractivity contribution is 5.56. The van der Waals surface area contributed by atoms with Crippen LogP contribution in [-0.2, 0) is 6.18 Å². The quantitative estimate of drug-likeness (QED) is 0.688. The molecule has 25 heavy (non-hydrogen) atoms. The predicted molar refractivity (Wildman–Crippen MR) is 88.3 cm³/mol. The Morgan fingerprint density at radius 1 is 1.16 bits per heavy atom. The van der Waals surface area contributed by atoms with E-state index in [-0.39, 0.29) is 12.6 Å². The van der Waals surface area contributed by atoms with Gasteiger partial charge in [0, 0.05) is 18.0 Å². The number of nitrogens with zero attached hydrogens (tertiary/aromatic N) is 2. The Kier molecular flexibility index (Phi) is 6.44. The smallest absolute Gasteiger partial charge is 0.423 e.